The Hall–Kier alpha value is -2.31. The van der Waals surface area contributed by atoms with Gasteiger partial charge in [0.15, 0.2) is 0 Å². The van der Waals surface area contributed by atoms with Crippen LogP contribution in [-0.2, 0) is 0 Å². The predicted molar refractivity (Wildman–Crippen MR) is 79.2 cm³/mol. The zero-order chi connectivity index (χ0) is 15.6. The largest absolute Gasteiger partial charge is 0.506 e. The van der Waals surface area contributed by atoms with Crippen molar-refractivity contribution in [2.75, 3.05) is 5.32 Å². The quantitative estimate of drug-likeness (QED) is 0.508. The first-order valence-corrected chi connectivity index (χ1v) is 6.38. The Kier molecular flexibility index (Phi) is 4.30. The third kappa shape index (κ3) is 3.42. The van der Waals surface area contributed by atoms with Gasteiger partial charge in [-0.1, -0.05) is 23.2 Å². The second-order valence-electron chi connectivity index (χ2n) is 4.03. The van der Waals surface area contributed by atoms with Crippen molar-refractivity contribution in [3.05, 3.63) is 62.1 Å². The molecule has 2 aromatic carbocycles. The number of anilines is 1. The van der Waals surface area contributed by atoms with Gasteiger partial charge >= 0.3 is 0 Å². The van der Waals surface area contributed by atoms with Gasteiger partial charge in [0.05, 0.1) is 10.6 Å². The van der Waals surface area contributed by atoms with E-state index in [-0.39, 0.29) is 22.0 Å². The van der Waals surface area contributed by atoms with E-state index < -0.39 is 16.5 Å². The Bertz CT molecular complexity index is 734. The SMILES string of the molecule is O=C(Nc1cc(Cl)ccc1O)c1ccc(Cl)cc1[N+](=O)[O-]. The normalized spacial score (nSPS) is 10.2. The third-order valence-electron chi connectivity index (χ3n) is 2.61. The summed E-state index contributed by atoms with van der Waals surface area (Å²) >= 11 is 11.4. The summed E-state index contributed by atoms with van der Waals surface area (Å²) in [7, 11) is 0. The van der Waals surface area contributed by atoms with Crippen LogP contribution >= 0.6 is 23.2 Å². The number of carbonyl (C=O) groups excluding carboxylic acids is 1. The molecule has 6 nitrogen and oxygen atoms in total. The molecule has 0 atom stereocenters. The zero-order valence-corrected chi connectivity index (χ0v) is 11.9. The first-order chi connectivity index (χ1) is 9.88. The van der Waals surface area contributed by atoms with Gasteiger partial charge in [0.2, 0.25) is 0 Å². The van der Waals surface area contributed by atoms with Crippen molar-refractivity contribution >= 4 is 40.5 Å². The maximum absolute atomic E-state index is 12.1. The Balaban J connectivity index is 2.37. The number of carbonyl (C=O) groups is 1. The van der Waals surface area contributed by atoms with E-state index in [1.165, 1.54) is 30.3 Å². The van der Waals surface area contributed by atoms with Crippen LogP contribution in [0.25, 0.3) is 0 Å². The van der Waals surface area contributed by atoms with Crippen LogP contribution in [0.5, 0.6) is 5.75 Å². The molecule has 0 aromatic heterocycles. The highest BCUT2D eigenvalue weighted by Crippen LogP contribution is 2.29. The Morgan fingerprint density at radius 3 is 2.43 bits per heavy atom. The molecule has 2 N–H and O–H groups in total. The lowest BCUT2D eigenvalue weighted by Gasteiger charge is -2.08. The highest BCUT2D eigenvalue weighted by Gasteiger charge is 2.21. The molecule has 21 heavy (non-hydrogen) atoms. The molecule has 0 heterocycles. The van der Waals surface area contributed by atoms with E-state index in [9.17, 15) is 20.0 Å². The van der Waals surface area contributed by atoms with Crippen molar-refractivity contribution in [1.29, 1.82) is 0 Å². The van der Waals surface area contributed by atoms with Crippen LogP contribution in [0.4, 0.5) is 11.4 Å². The second-order valence-corrected chi connectivity index (χ2v) is 4.91. The van der Waals surface area contributed by atoms with E-state index in [4.69, 9.17) is 23.2 Å². The first kappa shape index (κ1) is 15.1. The minimum Gasteiger partial charge on any atom is -0.506 e. The van der Waals surface area contributed by atoms with Gasteiger partial charge in [-0.25, -0.2) is 0 Å². The molecule has 0 aliphatic rings. The molecular weight excluding hydrogens is 319 g/mol. The Morgan fingerprint density at radius 2 is 1.76 bits per heavy atom. The molecule has 0 unspecified atom stereocenters. The van der Waals surface area contributed by atoms with Crippen molar-refractivity contribution < 1.29 is 14.8 Å². The molecule has 0 fully saturated rings. The molecule has 8 heteroatoms. The highest BCUT2D eigenvalue weighted by molar-refractivity contribution is 6.31. The van der Waals surface area contributed by atoms with Crippen LogP contribution in [0.1, 0.15) is 10.4 Å². The van der Waals surface area contributed by atoms with Crippen molar-refractivity contribution in [1.82, 2.24) is 0 Å². The second kappa shape index (κ2) is 5.99. The van der Waals surface area contributed by atoms with Gasteiger partial charge in [-0.2, -0.15) is 0 Å². The van der Waals surface area contributed by atoms with E-state index in [0.29, 0.717) is 5.02 Å². The van der Waals surface area contributed by atoms with Gasteiger partial charge in [-0.05, 0) is 30.3 Å². The number of benzene rings is 2. The van der Waals surface area contributed by atoms with E-state index in [1.54, 1.807) is 0 Å². The van der Waals surface area contributed by atoms with Crippen molar-refractivity contribution in [2.45, 2.75) is 0 Å². The van der Waals surface area contributed by atoms with E-state index in [2.05, 4.69) is 5.32 Å². The molecule has 0 saturated carbocycles. The molecule has 2 aromatic rings. The topological polar surface area (TPSA) is 92.5 Å². The Labute approximate surface area is 129 Å². The molecule has 1 amide bonds. The first-order valence-electron chi connectivity index (χ1n) is 5.62. The van der Waals surface area contributed by atoms with Crippen molar-refractivity contribution in [3.8, 4) is 5.75 Å². The summed E-state index contributed by atoms with van der Waals surface area (Å²) in [6.45, 7) is 0. The number of aromatic hydroxyl groups is 1. The molecule has 0 spiro atoms. The number of nitrogens with one attached hydrogen (secondary N) is 1. The van der Waals surface area contributed by atoms with Gasteiger partial charge < -0.3 is 10.4 Å². The number of nitro benzene ring substituents is 1. The summed E-state index contributed by atoms with van der Waals surface area (Å²) in [4.78, 5) is 22.3. The zero-order valence-electron chi connectivity index (χ0n) is 10.3. The molecule has 0 saturated heterocycles. The van der Waals surface area contributed by atoms with Gasteiger partial charge in [0.1, 0.15) is 11.3 Å². The fraction of sp³-hybridized carbons (Fsp3) is 0. The molecule has 0 aliphatic carbocycles. The number of phenols is 1. The maximum atomic E-state index is 12.1. The van der Waals surface area contributed by atoms with E-state index in [0.717, 1.165) is 6.07 Å². The fourth-order valence-corrected chi connectivity index (χ4v) is 1.98. The number of phenolic OH excluding ortho intramolecular Hbond substituents is 1. The summed E-state index contributed by atoms with van der Waals surface area (Å²) in [5, 5.41) is 23.4. The maximum Gasteiger partial charge on any atom is 0.283 e. The van der Waals surface area contributed by atoms with Crippen LogP contribution in [0, 0.1) is 10.1 Å². The fourth-order valence-electron chi connectivity index (χ4n) is 1.65. The van der Waals surface area contributed by atoms with Crippen molar-refractivity contribution in [3.63, 3.8) is 0 Å². The third-order valence-corrected chi connectivity index (χ3v) is 3.08. The highest BCUT2D eigenvalue weighted by atomic mass is 35.5. The van der Waals surface area contributed by atoms with Crippen LogP contribution in [-0.4, -0.2) is 15.9 Å². The summed E-state index contributed by atoms with van der Waals surface area (Å²) in [6.07, 6.45) is 0. The summed E-state index contributed by atoms with van der Waals surface area (Å²) in [5.41, 5.74) is -0.554. The average Bonchev–Trinajstić information content (AvgIpc) is 2.42. The summed E-state index contributed by atoms with van der Waals surface area (Å²) in [5.74, 6) is -0.958. The minimum atomic E-state index is -0.754. The number of hydrogen-bond acceptors (Lipinski definition) is 4. The summed E-state index contributed by atoms with van der Waals surface area (Å²) in [6, 6.07) is 7.75. The number of amides is 1. The molecule has 108 valence electrons. The van der Waals surface area contributed by atoms with Gasteiger partial charge in [-0.15, -0.1) is 0 Å². The molecule has 0 aliphatic heterocycles. The smallest absolute Gasteiger partial charge is 0.283 e. The summed E-state index contributed by atoms with van der Waals surface area (Å²) < 4.78 is 0. The minimum absolute atomic E-state index is 0.0525. The molecular formula is C13H8Cl2N2O4. The van der Waals surface area contributed by atoms with E-state index in [1.807, 2.05) is 0 Å². The Morgan fingerprint density at radius 1 is 1.14 bits per heavy atom. The average molecular weight is 327 g/mol. The number of nitrogens with zero attached hydrogens (tertiary/aromatic N) is 1. The standard InChI is InChI=1S/C13H8Cl2N2O4/c14-7-2-4-12(18)10(5-7)16-13(19)9-3-1-8(15)6-11(9)17(20)21/h1-6,18H,(H,16,19). The van der Waals surface area contributed by atoms with Crippen LogP contribution in [0.3, 0.4) is 0 Å². The van der Waals surface area contributed by atoms with Gasteiger partial charge in [0.25, 0.3) is 11.6 Å². The molecule has 0 radical (unpaired) electrons. The van der Waals surface area contributed by atoms with Gasteiger partial charge in [-0.3, -0.25) is 14.9 Å². The van der Waals surface area contributed by atoms with Crippen LogP contribution < -0.4 is 5.32 Å². The number of hydrogen-bond donors (Lipinski definition) is 2. The lowest BCUT2D eigenvalue weighted by molar-refractivity contribution is -0.385. The van der Waals surface area contributed by atoms with Crippen molar-refractivity contribution in [2.24, 2.45) is 0 Å². The van der Waals surface area contributed by atoms with Gasteiger partial charge in [0, 0.05) is 16.1 Å². The number of halogens is 2. The number of rotatable bonds is 3. The molecule has 2 rings (SSSR count). The lowest BCUT2D eigenvalue weighted by atomic mass is 10.1. The van der Waals surface area contributed by atoms with E-state index >= 15 is 0 Å². The lowest BCUT2D eigenvalue weighted by Crippen LogP contribution is -2.14. The van der Waals surface area contributed by atoms with Crippen LogP contribution in [0.2, 0.25) is 10.0 Å². The predicted octanol–water partition coefficient (Wildman–Crippen LogP) is 3.86. The molecule has 0 bridgehead atoms. The number of nitro groups is 1. The van der Waals surface area contributed by atoms with Crippen LogP contribution in [0.15, 0.2) is 36.4 Å². The monoisotopic (exact) mass is 326 g/mol.